The zero-order valence-electron chi connectivity index (χ0n) is 7.73. The minimum absolute atomic E-state index is 0.0766. The molecular weight excluding hydrogens is 190 g/mol. The fourth-order valence-electron chi connectivity index (χ4n) is 1.50. The molecule has 1 aromatic rings. The summed E-state index contributed by atoms with van der Waals surface area (Å²) in [5.41, 5.74) is 2.01. The quantitative estimate of drug-likeness (QED) is 0.517. The van der Waals surface area contributed by atoms with E-state index in [4.69, 9.17) is 4.42 Å². The van der Waals surface area contributed by atoms with E-state index in [0.29, 0.717) is 17.0 Å². The highest BCUT2D eigenvalue weighted by Gasteiger charge is 2.07. The topological polar surface area (TPSA) is 43.1 Å². The summed E-state index contributed by atoms with van der Waals surface area (Å²) < 4.78 is 5.53. The Kier molecular flexibility index (Phi) is 1.59. The van der Waals surface area contributed by atoms with Gasteiger partial charge in [-0.1, -0.05) is 6.07 Å². The van der Waals surface area contributed by atoms with Crippen molar-refractivity contribution in [2.24, 2.45) is 0 Å². The molecule has 1 radical (unpaired) electrons. The van der Waals surface area contributed by atoms with E-state index in [1.165, 1.54) is 12.1 Å². The van der Waals surface area contributed by atoms with E-state index in [2.05, 4.69) is 11.1 Å². The molecule has 1 aliphatic heterocycles. The van der Waals surface area contributed by atoms with Crippen LogP contribution in [-0.4, -0.2) is 4.98 Å². The number of hydrogen-bond acceptors (Lipinski definition) is 3. The Bertz CT molecular complexity index is 657. The van der Waals surface area contributed by atoms with E-state index in [-0.39, 0.29) is 5.43 Å². The summed E-state index contributed by atoms with van der Waals surface area (Å²) in [6.07, 6.45) is 0. The molecule has 0 saturated heterocycles. The summed E-state index contributed by atoms with van der Waals surface area (Å²) in [7, 11) is 0. The van der Waals surface area contributed by atoms with Gasteiger partial charge in [-0.05, 0) is 30.3 Å². The van der Waals surface area contributed by atoms with Crippen molar-refractivity contribution in [3.05, 3.63) is 52.7 Å². The molecule has 0 saturated carbocycles. The Hall–Kier alpha value is -2.16. The lowest BCUT2D eigenvalue weighted by Crippen LogP contribution is -1.99. The molecule has 0 N–H and O–H groups in total. The Morgan fingerprint density at radius 1 is 1.27 bits per heavy atom. The molecule has 1 heterocycles. The van der Waals surface area contributed by atoms with Crippen LogP contribution < -0.4 is 5.43 Å². The summed E-state index contributed by atoms with van der Waals surface area (Å²) in [6, 6.07) is 12.8. The highest BCUT2D eigenvalue weighted by atomic mass is 16.3. The number of aromatic nitrogens is 1. The molecule has 1 aromatic carbocycles. The maximum atomic E-state index is 11.1. The molecule has 0 aromatic heterocycles. The Morgan fingerprint density at radius 3 is 3.13 bits per heavy atom. The van der Waals surface area contributed by atoms with Gasteiger partial charge in [0.25, 0.3) is 0 Å². The van der Waals surface area contributed by atoms with E-state index in [9.17, 15) is 4.79 Å². The van der Waals surface area contributed by atoms with Crippen LogP contribution >= 0.6 is 0 Å². The van der Waals surface area contributed by atoms with E-state index in [1.54, 1.807) is 18.2 Å². The molecule has 0 fully saturated rings. The van der Waals surface area contributed by atoms with Gasteiger partial charge in [-0.2, -0.15) is 0 Å². The van der Waals surface area contributed by atoms with Crippen molar-refractivity contribution in [3.8, 4) is 11.5 Å². The minimum Gasteiger partial charge on any atom is -0.453 e. The third-order valence-corrected chi connectivity index (χ3v) is 2.20. The van der Waals surface area contributed by atoms with E-state index in [1.807, 2.05) is 6.07 Å². The SMILES string of the molecule is O=c1ccc2nc3cc[c]cc3oc-2c1. The predicted octanol–water partition coefficient (Wildman–Crippen LogP) is 2.09. The third kappa shape index (κ3) is 1.29. The third-order valence-electron chi connectivity index (χ3n) is 2.20. The van der Waals surface area contributed by atoms with Gasteiger partial charge in [0, 0.05) is 6.07 Å². The van der Waals surface area contributed by atoms with Crippen molar-refractivity contribution in [1.82, 2.24) is 4.98 Å². The molecule has 0 unspecified atom stereocenters. The molecule has 0 bridgehead atoms. The second kappa shape index (κ2) is 2.92. The van der Waals surface area contributed by atoms with Crippen LogP contribution in [0.4, 0.5) is 0 Å². The van der Waals surface area contributed by atoms with E-state index in [0.717, 1.165) is 5.52 Å². The van der Waals surface area contributed by atoms with Crippen molar-refractivity contribution in [3.63, 3.8) is 0 Å². The maximum Gasteiger partial charge on any atom is 0.182 e. The number of benzene rings is 2. The Labute approximate surface area is 85.3 Å². The maximum absolute atomic E-state index is 11.1. The first-order valence-electron chi connectivity index (χ1n) is 4.54. The molecule has 3 rings (SSSR count). The fraction of sp³-hybridized carbons (Fsp3) is 0. The van der Waals surface area contributed by atoms with Crippen LogP contribution in [0.25, 0.3) is 22.6 Å². The Balaban J connectivity index is 2.49. The van der Waals surface area contributed by atoms with Crippen LogP contribution in [-0.2, 0) is 0 Å². The molecule has 1 aliphatic carbocycles. The van der Waals surface area contributed by atoms with Gasteiger partial charge in [-0.25, -0.2) is 4.98 Å². The average molecular weight is 196 g/mol. The van der Waals surface area contributed by atoms with Crippen LogP contribution in [0.2, 0.25) is 0 Å². The molecule has 0 atom stereocenters. The van der Waals surface area contributed by atoms with Crippen LogP contribution in [0.5, 0.6) is 0 Å². The predicted molar refractivity (Wildman–Crippen MR) is 55.7 cm³/mol. The van der Waals surface area contributed by atoms with Crippen molar-refractivity contribution < 1.29 is 4.42 Å². The summed E-state index contributed by atoms with van der Waals surface area (Å²) in [5.74, 6) is 0.509. The monoisotopic (exact) mass is 196 g/mol. The zero-order chi connectivity index (χ0) is 10.3. The van der Waals surface area contributed by atoms with Gasteiger partial charge in [-0.15, -0.1) is 0 Å². The Morgan fingerprint density at radius 2 is 2.20 bits per heavy atom. The van der Waals surface area contributed by atoms with E-state index < -0.39 is 0 Å². The summed E-state index contributed by atoms with van der Waals surface area (Å²) in [6.45, 7) is 0. The van der Waals surface area contributed by atoms with Crippen LogP contribution in [0.15, 0.2) is 45.6 Å². The lowest BCUT2D eigenvalue weighted by Gasteiger charge is -2.04. The van der Waals surface area contributed by atoms with Gasteiger partial charge in [0.15, 0.2) is 16.8 Å². The van der Waals surface area contributed by atoms with Crippen LogP contribution in [0, 0.1) is 6.07 Å². The molecular formula is C12H6NO2. The van der Waals surface area contributed by atoms with Crippen LogP contribution in [0.1, 0.15) is 0 Å². The zero-order valence-corrected chi connectivity index (χ0v) is 7.73. The number of hydrogen-bond donors (Lipinski definition) is 0. The molecule has 0 amide bonds. The molecule has 3 nitrogen and oxygen atoms in total. The first-order chi connectivity index (χ1) is 7.33. The van der Waals surface area contributed by atoms with Crippen LogP contribution in [0.3, 0.4) is 0 Å². The van der Waals surface area contributed by atoms with Gasteiger partial charge in [0.2, 0.25) is 0 Å². The summed E-state index contributed by atoms with van der Waals surface area (Å²) in [5, 5.41) is 0. The molecule has 3 heteroatoms. The lowest BCUT2D eigenvalue weighted by atomic mass is 10.2. The first kappa shape index (κ1) is 8.17. The normalized spacial score (nSPS) is 10.9. The van der Waals surface area contributed by atoms with Gasteiger partial charge < -0.3 is 4.42 Å². The second-order valence-corrected chi connectivity index (χ2v) is 3.24. The summed E-state index contributed by atoms with van der Waals surface area (Å²) >= 11 is 0. The number of nitrogens with zero attached hydrogens (tertiary/aromatic N) is 1. The highest BCUT2D eigenvalue weighted by Crippen LogP contribution is 2.22. The van der Waals surface area contributed by atoms with Gasteiger partial charge in [-0.3, -0.25) is 4.79 Å². The van der Waals surface area contributed by atoms with Gasteiger partial charge >= 0.3 is 0 Å². The number of fused-ring (bicyclic) bond motifs is 2. The average Bonchev–Trinajstić information content (AvgIpc) is 2.26. The van der Waals surface area contributed by atoms with Crippen molar-refractivity contribution in [2.45, 2.75) is 0 Å². The molecule has 71 valence electrons. The van der Waals surface area contributed by atoms with Crippen molar-refractivity contribution in [1.29, 1.82) is 0 Å². The smallest absolute Gasteiger partial charge is 0.182 e. The first-order valence-corrected chi connectivity index (χ1v) is 4.54. The minimum atomic E-state index is -0.0766. The van der Waals surface area contributed by atoms with Crippen molar-refractivity contribution in [2.75, 3.05) is 0 Å². The standard InChI is InChI=1S/C12H6NO2/c14-8-5-6-10-12(7-8)15-11-4-2-1-3-9(11)13-10/h1,3-7H. The summed E-state index contributed by atoms with van der Waals surface area (Å²) in [4.78, 5) is 15.5. The van der Waals surface area contributed by atoms with E-state index >= 15 is 0 Å². The number of rotatable bonds is 0. The fourth-order valence-corrected chi connectivity index (χ4v) is 1.50. The molecule has 0 spiro atoms. The van der Waals surface area contributed by atoms with Gasteiger partial charge in [0.1, 0.15) is 11.2 Å². The molecule has 15 heavy (non-hydrogen) atoms. The molecule has 2 aliphatic rings. The lowest BCUT2D eigenvalue weighted by molar-refractivity contribution is 0.612. The van der Waals surface area contributed by atoms with Gasteiger partial charge in [0.05, 0.1) is 0 Å². The largest absolute Gasteiger partial charge is 0.453 e. The second-order valence-electron chi connectivity index (χ2n) is 3.24. The van der Waals surface area contributed by atoms with Crippen molar-refractivity contribution >= 4 is 11.1 Å². The highest BCUT2D eigenvalue weighted by molar-refractivity contribution is 5.75.